The van der Waals surface area contributed by atoms with Crippen LogP contribution in [-0.2, 0) is 5.67 Å². The molecule has 1 aliphatic rings. The normalized spacial score (nSPS) is 20.6. The lowest BCUT2D eigenvalue weighted by molar-refractivity contribution is -0.0784. The highest BCUT2D eigenvalue weighted by Gasteiger charge is 2.45. The summed E-state index contributed by atoms with van der Waals surface area (Å²) in [5, 5.41) is 8.97. The number of rotatable bonds is 2. The Kier molecular flexibility index (Phi) is 3.39. The van der Waals surface area contributed by atoms with Crippen molar-refractivity contribution >= 4 is 11.8 Å². The van der Waals surface area contributed by atoms with Gasteiger partial charge < -0.3 is 10.8 Å². The summed E-state index contributed by atoms with van der Waals surface area (Å²) in [4.78, 5) is 14.8. The van der Waals surface area contributed by atoms with Crippen molar-refractivity contribution in [3.63, 3.8) is 0 Å². The first-order valence-electron chi connectivity index (χ1n) is 6.22. The van der Waals surface area contributed by atoms with Gasteiger partial charge in [-0.1, -0.05) is 0 Å². The number of carboxylic acid groups (broad SMARTS) is 1. The van der Waals surface area contributed by atoms with Crippen LogP contribution in [0.5, 0.6) is 0 Å². The van der Waals surface area contributed by atoms with E-state index in [4.69, 9.17) is 10.8 Å². The number of halogens is 3. The average molecular weight is 288 g/mol. The molecular formula is C13H15F3N2O2. The number of anilines is 1. The van der Waals surface area contributed by atoms with E-state index in [2.05, 4.69) is 4.98 Å². The second-order valence-electron chi connectivity index (χ2n) is 5.21. The fourth-order valence-corrected chi connectivity index (χ4v) is 2.47. The minimum atomic E-state index is -2.85. The van der Waals surface area contributed by atoms with Crippen LogP contribution in [-0.4, -0.2) is 22.0 Å². The fourth-order valence-electron chi connectivity index (χ4n) is 2.47. The lowest BCUT2D eigenvalue weighted by atomic mass is 9.81. The molecule has 1 aliphatic carbocycles. The van der Waals surface area contributed by atoms with E-state index in [9.17, 15) is 18.0 Å². The maximum atomic E-state index is 14.7. The van der Waals surface area contributed by atoms with E-state index in [0.29, 0.717) is 0 Å². The highest BCUT2D eigenvalue weighted by Crippen LogP contribution is 2.46. The molecule has 0 unspecified atom stereocenters. The molecule has 1 saturated carbocycles. The molecule has 7 heteroatoms. The summed E-state index contributed by atoms with van der Waals surface area (Å²) in [5.74, 6) is -4.39. The van der Waals surface area contributed by atoms with Gasteiger partial charge in [0.05, 0.1) is 5.69 Å². The molecule has 1 aromatic rings. The smallest absolute Gasteiger partial charge is 0.339 e. The van der Waals surface area contributed by atoms with Gasteiger partial charge in [0, 0.05) is 12.8 Å². The Labute approximate surface area is 113 Å². The van der Waals surface area contributed by atoms with E-state index in [1.165, 1.54) is 13.0 Å². The molecule has 1 fully saturated rings. The molecule has 110 valence electrons. The van der Waals surface area contributed by atoms with Crippen molar-refractivity contribution in [2.45, 2.75) is 44.2 Å². The Morgan fingerprint density at radius 2 is 1.85 bits per heavy atom. The quantitative estimate of drug-likeness (QED) is 0.877. The van der Waals surface area contributed by atoms with Crippen molar-refractivity contribution < 1.29 is 23.1 Å². The topological polar surface area (TPSA) is 76.2 Å². The zero-order valence-electron chi connectivity index (χ0n) is 10.9. The van der Waals surface area contributed by atoms with Gasteiger partial charge in [0.25, 0.3) is 0 Å². The minimum absolute atomic E-state index is 0.0620. The number of alkyl halides is 3. The molecule has 0 radical (unpaired) electrons. The van der Waals surface area contributed by atoms with Gasteiger partial charge in [-0.05, 0) is 31.4 Å². The zero-order chi connectivity index (χ0) is 15.1. The van der Waals surface area contributed by atoms with Crippen molar-refractivity contribution in [3.8, 4) is 0 Å². The third-order valence-corrected chi connectivity index (χ3v) is 3.69. The number of carbonyl (C=O) groups is 1. The molecule has 4 nitrogen and oxygen atoms in total. The molecule has 0 amide bonds. The molecule has 3 N–H and O–H groups in total. The summed E-state index contributed by atoms with van der Waals surface area (Å²) in [6.07, 6.45) is -1.80. The SMILES string of the molecule is Cc1cc(C2(F)CCC(F)(F)CC2)nc(N)c1C(=O)O. The lowest BCUT2D eigenvalue weighted by Crippen LogP contribution is -2.34. The molecule has 0 aromatic carbocycles. The highest BCUT2D eigenvalue weighted by atomic mass is 19.3. The molecular weight excluding hydrogens is 273 g/mol. The number of nitrogens with zero attached hydrogens (tertiary/aromatic N) is 1. The monoisotopic (exact) mass is 288 g/mol. The van der Waals surface area contributed by atoms with Gasteiger partial charge in [-0.25, -0.2) is 22.9 Å². The predicted molar refractivity (Wildman–Crippen MR) is 66.5 cm³/mol. The first-order chi connectivity index (χ1) is 9.15. The first kappa shape index (κ1) is 14.6. The molecule has 1 aromatic heterocycles. The van der Waals surface area contributed by atoms with E-state index in [0.717, 1.165) is 0 Å². The third-order valence-electron chi connectivity index (χ3n) is 3.69. The first-order valence-corrected chi connectivity index (χ1v) is 6.22. The molecule has 0 atom stereocenters. The summed E-state index contributed by atoms with van der Waals surface area (Å²) in [7, 11) is 0. The van der Waals surface area contributed by atoms with Crippen LogP contribution in [0.3, 0.4) is 0 Å². The number of aromatic nitrogens is 1. The zero-order valence-corrected chi connectivity index (χ0v) is 10.9. The van der Waals surface area contributed by atoms with Crippen molar-refractivity contribution in [2.24, 2.45) is 0 Å². The van der Waals surface area contributed by atoms with Crippen molar-refractivity contribution in [1.82, 2.24) is 4.98 Å². The van der Waals surface area contributed by atoms with E-state index < -0.39 is 30.4 Å². The van der Waals surface area contributed by atoms with E-state index in [1.807, 2.05) is 0 Å². The number of hydrogen-bond acceptors (Lipinski definition) is 3. The number of aromatic carboxylic acids is 1. The third kappa shape index (κ3) is 2.57. The fraction of sp³-hybridized carbons (Fsp3) is 0.538. The van der Waals surface area contributed by atoms with Gasteiger partial charge >= 0.3 is 5.97 Å². The van der Waals surface area contributed by atoms with E-state index in [1.54, 1.807) is 0 Å². The Morgan fingerprint density at radius 3 is 2.30 bits per heavy atom. The lowest BCUT2D eigenvalue weighted by Gasteiger charge is -2.33. The standard InChI is InChI=1S/C13H15F3N2O2/c1-7-6-8(18-10(17)9(7)11(19)20)12(14)2-4-13(15,16)5-3-12/h6H,2-5H2,1H3,(H2,17,18)(H,19,20). The summed E-state index contributed by atoms with van der Waals surface area (Å²) in [6.45, 7) is 1.48. The number of carboxylic acids is 1. The van der Waals surface area contributed by atoms with Gasteiger partial charge in [-0.15, -0.1) is 0 Å². The summed E-state index contributed by atoms with van der Waals surface area (Å²) in [5.41, 5.74) is 3.59. The summed E-state index contributed by atoms with van der Waals surface area (Å²) < 4.78 is 40.9. The van der Waals surface area contributed by atoms with Crippen LogP contribution < -0.4 is 5.73 Å². The molecule has 0 aliphatic heterocycles. The van der Waals surface area contributed by atoms with Crippen LogP contribution in [0.15, 0.2) is 6.07 Å². The average Bonchev–Trinajstić information content (AvgIpc) is 2.32. The molecule has 1 heterocycles. The van der Waals surface area contributed by atoms with Gasteiger partial charge in [0.15, 0.2) is 5.67 Å². The minimum Gasteiger partial charge on any atom is -0.478 e. The van der Waals surface area contributed by atoms with Crippen LogP contribution >= 0.6 is 0 Å². The van der Waals surface area contributed by atoms with Crippen LogP contribution in [0.1, 0.15) is 47.3 Å². The van der Waals surface area contributed by atoms with Gasteiger partial charge in [-0.2, -0.15) is 0 Å². The predicted octanol–water partition coefficient (Wildman–Crippen LogP) is 3.04. The van der Waals surface area contributed by atoms with Crippen LogP contribution in [0.25, 0.3) is 0 Å². The highest BCUT2D eigenvalue weighted by molar-refractivity contribution is 5.94. The number of hydrogen-bond donors (Lipinski definition) is 2. The number of pyridine rings is 1. The summed E-state index contributed by atoms with van der Waals surface area (Å²) in [6, 6.07) is 1.28. The van der Waals surface area contributed by atoms with Crippen LogP contribution in [0, 0.1) is 6.92 Å². The van der Waals surface area contributed by atoms with E-state index >= 15 is 0 Å². The van der Waals surface area contributed by atoms with Gasteiger partial charge in [0.2, 0.25) is 5.92 Å². The van der Waals surface area contributed by atoms with Crippen LogP contribution in [0.2, 0.25) is 0 Å². The number of nitrogen functional groups attached to an aromatic ring is 1. The molecule has 0 saturated heterocycles. The second kappa shape index (κ2) is 4.64. The molecule has 20 heavy (non-hydrogen) atoms. The van der Waals surface area contributed by atoms with Crippen LogP contribution in [0.4, 0.5) is 19.0 Å². The van der Waals surface area contributed by atoms with E-state index in [-0.39, 0.29) is 35.5 Å². The summed E-state index contributed by atoms with van der Waals surface area (Å²) >= 11 is 0. The van der Waals surface area contributed by atoms with Gasteiger partial charge in [0.1, 0.15) is 11.4 Å². The molecule has 2 rings (SSSR count). The van der Waals surface area contributed by atoms with Gasteiger partial charge in [-0.3, -0.25) is 0 Å². The largest absolute Gasteiger partial charge is 0.478 e. The second-order valence-corrected chi connectivity index (χ2v) is 5.21. The van der Waals surface area contributed by atoms with Crippen molar-refractivity contribution in [2.75, 3.05) is 5.73 Å². The van der Waals surface area contributed by atoms with Crippen molar-refractivity contribution in [1.29, 1.82) is 0 Å². The molecule has 0 bridgehead atoms. The number of aryl methyl sites for hydroxylation is 1. The van der Waals surface area contributed by atoms with Crippen molar-refractivity contribution in [3.05, 3.63) is 22.9 Å². The Balaban J connectivity index is 2.37. The maximum absolute atomic E-state index is 14.7. The Morgan fingerprint density at radius 1 is 1.30 bits per heavy atom. The Hall–Kier alpha value is -1.79. The maximum Gasteiger partial charge on any atom is 0.339 e. The Bertz CT molecular complexity index is 528. The molecule has 0 spiro atoms. The number of nitrogens with two attached hydrogens (primary N) is 1.